The van der Waals surface area contributed by atoms with Crippen LogP contribution < -0.4 is 15.8 Å². The molecule has 2 rings (SSSR count). The number of hydrogen-bond donors (Lipinski definition) is 3. The summed E-state index contributed by atoms with van der Waals surface area (Å²) in [5.74, 6) is -0.186. The Bertz CT molecular complexity index is 870. The van der Waals surface area contributed by atoms with Crippen molar-refractivity contribution in [3.05, 3.63) is 36.2 Å². The van der Waals surface area contributed by atoms with Crippen LogP contribution in [0.3, 0.4) is 0 Å². The number of nitrogens with zero attached hydrogens (tertiary/aromatic N) is 2. The molecule has 0 radical (unpaired) electrons. The van der Waals surface area contributed by atoms with E-state index in [0.717, 1.165) is 12.3 Å². The molecule has 2 heterocycles. The number of anilines is 1. The molecule has 0 aromatic carbocycles. The van der Waals surface area contributed by atoms with Crippen LogP contribution in [-0.2, 0) is 6.18 Å². The summed E-state index contributed by atoms with van der Waals surface area (Å²) >= 11 is 0. The van der Waals surface area contributed by atoms with Crippen LogP contribution >= 0.6 is 0 Å². The molecule has 0 fully saturated rings. The predicted octanol–water partition coefficient (Wildman–Crippen LogP) is 4.39. The summed E-state index contributed by atoms with van der Waals surface area (Å²) in [7, 11) is 0. The van der Waals surface area contributed by atoms with Gasteiger partial charge in [-0.3, -0.25) is 10.3 Å². The van der Waals surface area contributed by atoms with Gasteiger partial charge in [-0.1, -0.05) is 13.8 Å². The Hall–Kier alpha value is -2.88. The zero-order valence-electron chi connectivity index (χ0n) is 16.2. The summed E-state index contributed by atoms with van der Waals surface area (Å²) in [4.78, 5) is 18.6. The molecule has 0 spiro atoms. The van der Waals surface area contributed by atoms with Gasteiger partial charge in [0.15, 0.2) is 0 Å². The number of alkyl halides is 3. The highest BCUT2D eigenvalue weighted by Crippen LogP contribution is 2.38. The van der Waals surface area contributed by atoms with Crippen LogP contribution in [0.2, 0.25) is 0 Å². The molecule has 0 bridgehead atoms. The summed E-state index contributed by atoms with van der Waals surface area (Å²) < 4.78 is 46.1. The Labute approximate surface area is 166 Å². The predicted molar refractivity (Wildman–Crippen MR) is 102 cm³/mol. The molecule has 0 saturated heterocycles. The van der Waals surface area contributed by atoms with E-state index in [-0.39, 0.29) is 29.6 Å². The monoisotopic (exact) mass is 412 g/mol. The van der Waals surface area contributed by atoms with E-state index in [1.54, 1.807) is 6.92 Å². The molecule has 2 aromatic heterocycles. The van der Waals surface area contributed by atoms with Crippen molar-refractivity contribution in [1.29, 1.82) is 0 Å². The maximum atomic E-state index is 13.6. The van der Waals surface area contributed by atoms with Crippen LogP contribution in [0.4, 0.5) is 23.8 Å². The van der Waals surface area contributed by atoms with Gasteiger partial charge in [-0.25, -0.2) is 9.78 Å². The van der Waals surface area contributed by atoms with Crippen molar-refractivity contribution < 1.29 is 27.8 Å². The van der Waals surface area contributed by atoms with Crippen molar-refractivity contribution in [1.82, 2.24) is 9.97 Å². The van der Waals surface area contributed by atoms with E-state index in [1.165, 1.54) is 18.3 Å². The lowest BCUT2D eigenvalue weighted by Crippen LogP contribution is -2.43. The van der Waals surface area contributed by atoms with E-state index in [2.05, 4.69) is 9.97 Å². The highest BCUT2D eigenvalue weighted by molar-refractivity contribution is 5.82. The van der Waals surface area contributed by atoms with Gasteiger partial charge in [-0.15, -0.1) is 0 Å². The van der Waals surface area contributed by atoms with Crippen molar-refractivity contribution in [2.45, 2.75) is 38.9 Å². The maximum absolute atomic E-state index is 13.6. The number of pyridine rings is 2. The molecule has 1 unspecified atom stereocenters. The van der Waals surface area contributed by atoms with Crippen LogP contribution in [0.1, 0.15) is 32.8 Å². The third-order valence-corrected chi connectivity index (χ3v) is 3.90. The normalized spacial score (nSPS) is 13.8. The summed E-state index contributed by atoms with van der Waals surface area (Å²) in [5.41, 5.74) is 4.59. The molecule has 0 aliphatic carbocycles. The molecule has 1 atom stereocenters. The van der Waals surface area contributed by atoms with Gasteiger partial charge in [0.25, 0.3) is 0 Å². The number of halogens is 3. The molecule has 158 valence electrons. The minimum absolute atomic E-state index is 0.00166. The van der Waals surface area contributed by atoms with Crippen molar-refractivity contribution in [2.75, 3.05) is 11.9 Å². The lowest BCUT2D eigenvalue weighted by atomic mass is 9.93. The molecular weight excluding hydrogens is 389 g/mol. The number of amides is 1. The minimum Gasteiger partial charge on any atom is -0.489 e. The lowest BCUT2D eigenvalue weighted by molar-refractivity contribution is -0.139. The summed E-state index contributed by atoms with van der Waals surface area (Å²) in [6, 6.07) is 3.57. The zero-order valence-corrected chi connectivity index (χ0v) is 16.2. The molecule has 1 amide bonds. The minimum atomic E-state index is -4.68. The number of rotatable bonds is 7. The van der Waals surface area contributed by atoms with Crippen LogP contribution in [0.5, 0.6) is 5.75 Å². The second kappa shape index (κ2) is 8.64. The van der Waals surface area contributed by atoms with E-state index >= 15 is 0 Å². The Kier molecular flexibility index (Phi) is 6.68. The van der Waals surface area contributed by atoms with E-state index in [1.807, 2.05) is 19.2 Å². The fourth-order valence-corrected chi connectivity index (χ4v) is 2.94. The Morgan fingerprint density at radius 2 is 2.00 bits per heavy atom. The van der Waals surface area contributed by atoms with Crippen LogP contribution in [0.15, 0.2) is 30.6 Å². The average Bonchev–Trinajstić information content (AvgIpc) is 2.57. The number of nitrogens with two attached hydrogens (primary N) is 1. The molecular formula is C19H23F3N4O3. The van der Waals surface area contributed by atoms with Gasteiger partial charge in [0.2, 0.25) is 0 Å². The molecule has 2 aromatic rings. The largest absolute Gasteiger partial charge is 0.489 e. The van der Waals surface area contributed by atoms with Gasteiger partial charge in [0, 0.05) is 17.3 Å². The first kappa shape index (κ1) is 22.4. The van der Waals surface area contributed by atoms with Crippen molar-refractivity contribution in [3.63, 3.8) is 0 Å². The number of aromatic nitrogens is 2. The molecule has 10 heteroatoms. The maximum Gasteiger partial charge on any atom is 0.420 e. The van der Waals surface area contributed by atoms with Crippen molar-refractivity contribution in [2.24, 2.45) is 11.7 Å². The quantitative estimate of drug-likeness (QED) is 0.622. The Balaban J connectivity index is 2.34. The van der Waals surface area contributed by atoms with Crippen molar-refractivity contribution >= 4 is 11.9 Å². The fraction of sp³-hybridized carbons (Fsp3) is 0.421. The summed E-state index contributed by atoms with van der Waals surface area (Å²) in [6.07, 6.45) is -3.17. The second-order valence-corrected chi connectivity index (χ2v) is 7.46. The SMILES string of the molecule is CC(C)CC(C)(N)COc1cnc(-c2ccnc(NC(=O)O)c2)cc1C(F)(F)F. The van der Waals surface area contributed by atoms with Crippen LogP contribution in [-0.4, -0.2) is 33.3 Å². The van der Waals surface area contributed by atoms with Crippen LogP contribution in [0, 0.1) is 5.92 Å². The van der Waals surface area contributed by atoms with Gasteiger partial charge >= 0.3 is 12.3 Å². The molecule has 7 nitrogen and oxygen atoms in total. The van der Waals surface area contributed by atoms with Gasteiger partial charge in [0.05, 0.1) is 11.9 Å². The van der Waals surface area contributed by atoms with Crippen molar-refractivity contribution in [3.8, 4) is 17.0 Å². The first-order valence-corrected chi connectivity index (χ1v) is 8.83. The highest BCUT2D eigenvalue weighted by Gasteiger charge is 2.36. The van der Waals surface area contributed by atoms with E-state index in [4.69, 9.17) is 15.6 Å². The van der Waals surface area contributed by atoms with Gasteiger partial charge < -0.3 is 15.6 Å². The van der Waals surface area contributed by atoms with Gasteiger partial charge in [0.1, 0.15) is 23.7 Å². The fourth-order valence-electron chi connectivity index (χ4n) is 2.94. The Morgan fingerprint density at radius 3 is 2.59 bits per heavy atom. The number of carbonyl (C=O) groups is 1. The third-order valence-electron chi connectivity index (χ3n) is 3.90. The number of hydrogen-bond acceptors (Lipinski definition) is 5. The smallest absolute Gasteiger partial charge is 0.420 e. The number of nitrogens with one attached hydrogen (secondary N) is 1. The molecule has 4 N–H and O–H groups in total. The van der Waals surface area contributed by atoms with E-state index in [0.29, 0.717) is 6.42 Å². The first-order valence-electron chi connectivity index (χ1n) is 8.83. The number of carboxylic acid groups (broad SMARTS) is 1. The highest BCUT2D eigenvalue weighted by atomic mass is 19.4. The van der Waals surface area contributed by atoms with Gasteiger partial charge in [-0.05, 0) is 37.5 Å². The second-order valence-electron chi connectivity index (χ2n) is 7.46. The zero-order chi connectivity index (χ0) is 21.8. The average molecular weight is 412 g/mol. The molecule has 0 saturated carbocycles. The van der Waals surface area contributed by atoms with Gasteiger partial charge in [-0.2, -0.15) is 13.2 Å². The Morgan fingerprint density at radius 1 is 1.31 bits per heavy atom. The van der Waals surface area contributed by atoms with E-state index < -0.39 is 29.1 Å². The van der Waals surface area contributed by atoms with E-state index in [9.17, 15) is 18.0 Å². The lowest BCUT2D eigenvalue weighted by Gasteiger charge is -2.27. The molecule has 29 heavy (non-hydrogen) atoms. The van der Waals surface area contributed by atoms with Crippen LogP contribution in [0.25, 0.3) is 11.3 Å². The topological polar surface area (TPSA) is 110 Å². The number of ether oxygens (including phenoxy) is 1. The summed E-state index contributed by atoms with van der Waals surface area (Å²) in [6.45, 7) is 5.54. The standard InChI is InChI=1S/C19H23F3N4O3/c1-11(2)8-18(3,23)10-29-15-9-25-14(7-13(15)19(20,21)22)12-4-5-24-16(6-12)26-17(27)28/h4-7,9,11H,8,10,23H2,1-3H3,(H,24,26)(H,27,28). The summed E-state index contributed by atoms with van der Waals surface area (Å²) in [5, 5.41) is 10.8. The molecule has 0 aliphatic heterocycles. The molecule has 0 aliphatic rings. The first-order chi connectivity index (χ1) is 13.4. The third kappa shape index (κ3) is 6.60.